The number of nitrogens with two attached hydrogens (primary N) is 1. The molecule has 3 aromatic carbocycles. The van der Waals surface area contributed by atoms with Gasteiger partial charge in [-0.15, -0.1) is 0 Å². The molecule has 0 aliphatic heterocycles. The van der Waals surface area contributed by atoms with E-state index in [2.05, 4.69) is 96.1 Å². The lowest BCUT2D eigenvalue weighted by Crippen LogP contribution is -2.39. The average molecular weight is 444 g/mol. The van der Waals surface area contributed by atoms with Gasteiger partial charge in [0.25, 0.3) is 0 Å². The van der Waals surface area contributed by atoms with Gasteiger partial charge in [-0.05, 0) is 104 Å². The van der Waals surface area contributed by atoms with Gasteiger partial charge in [-0.2, -0.15) is 0 Å². The van der Waals surface area contributed by atoms with Crippen molar-refractivity contribution in [2.75, 3.05) is 6.61 Å². The highest BCUT2D eigenvalue weighted by Gasteiger charge is 2.33. The summed E-state index contributed by atoms with van der Waals surface area (Å²) in [7, 11) is 0. The van der Waals surface area contributed by atoms with E-state index in [1.807, 2.05) is 0 Å². The Balaban J connectivity index is 2.18. The van der Waals surface area contributed by atoms with Gasteiger partial charge >= 0.3 is 0 Å². The number of benzene rings is 3. The first-order valence-electron chi connectivity index (χ1n) is 12.5. The van der Waals surface area contributed by atoms with Crippen LogP contribution in [-0.4, -0.2) is 6.61 Å². The van der Waals surface area contributed by atoms with Crippen LogP contribution >= 0.6 is 0 Å². The molecule has 0 saturated carbocycles. The molecule has 0 heterocycles. The third-order valence-corrected chi connectivity index (χ3v) is 7.00. The Labute approximate surface area is 201 Å². The maximum absolute atomic E-state index is 7.43. The number of hydrogen-bond acceptors (Lipinski definition) is 2. The Hall–Kier alpha value is -2.58. The van der Waals surface area contributed by atoms with Crippen molar-refractivity contribution in [3.63, 3.8) is 0 Å². The van der Waals surface area contributed by atoms with E-state index in [1.165, 1.54) is 27.8 Å². The van der Waals surface area contributed by atoms with Crippen LogP contribution in [0.25, 0.3) is 0 Å². The van der Waals surface area contributed by atoms with Crippen LogP contribution in [0.1, 0.15) is 84.0 Å². The summed E-state index contributed by atoms with van der Waals surface area (Å²) in [6, 6.07) is 19.9. The largest absolute Gasteiger partial charge is 0.493 e. The van der Waals surface area contributed by atoms with Crippen molar-refractivity contribution in [1.82, 2.24) is 0 Å². The average Bonchev–Trinajstić information content (AvgIpc) is 2.81. The molecule has 3 rings (SSSR count). The summed E-state index contributed by atoms with van der Waals surface area (Å²) >= 11 is 0. The number of ether oxygens (including phenoxy) is 1. The summed E-state index contributed by atoms with van der Waals surface area (Å²) in [6.45, 7) is 13.8. The quantitative estimate of drug-likeness (QED) is 0.257. The van der Waals surface area contributed by atoms with Crippen LogP contribution in [0.15, 0.2) is 54.6 Å². The summed E-state index contributed by atoms with van der Waals surface area (Å²) < 4.78 is 6.18. The fourth-order valence-corrected chi connectivity index (χ4v) is 4.33. The van der Waals surface area contributed by atoms with E-state index >= 15 is 0 Å². The Morgan fingerprint density at radius 1 is 0.667 bits per heavy atom. The summed E-state index contributed by atoms with van der Waals surface area (Å²) in [4.78, 5) is 0. The molecular weight excluding hydrogens is 402 g/mol. The van der Waals surface area contributed by atoms with E-state index in [0.29, 0.717) is 0 Å². The van der Waals surface area contributed by atoms with E-state index in [-0.39, 0.29) is 0 Å². The highest BCUT2D eigenvalue weighted by molar-refractivity contribution is 5.54. The first-order valence-corrected chi connectivity index (χ1v) is 12.5. The lowest BCUT2D eigenvalue weighted by molar-refractivity contribution is 0.306. The zero-order valence-corrected chi connectivity index (χ0v) is 21.4. The van der Waals surface area contributed by atoms with Gasteiger partial charge in [-0.25, -0.2) is 0 Å². The summed E-state index contributed by atoms with van der Waals surface area (Å²) in [5.41, 5.74) is 16.4. The Morgan fingerprint density at radius 3 is 1.70 bits per heavy atom. The molecule has 0 unspecified atom stereocenters. The molecular formula is C31H41NO. The first-order chi connectivity index (χ1) is 15.8. The number of rotatable bonds is 10. The Bertz CT molecular complexity index is 1030. The fraction of sp³-hybridized carbons (Fsp3) is 0.419. The molecule has 0 aliphatic carbocycles. The van der Waals surface area contributed by atoms with Gasteiger partial charge in [0.1, 0.15) is 5.75 Å². The van der Waals surface area contributed by atoms with E-state index in [0.717, 1.165) is 61.2 Å². The summed E-state index contributed by atoms with van der Waals surface area (Å²) in [6.07, 6.45) is 5.50. The maximum atomic E-state index is 7.43. The van der Waals surface area contributed by atoms with Crippen molar-refractivity contribution >= 4 is 0 Å². The maximum Gasteiger partial charge on any atom is 0.122 e. The SMILES string of the molecule is CCCCOc1ccc(C(N)(c2ccc(C)c(C)c2)c2ccc(C)c(C)c2)cc1CCCC. The number of unbranched alkanes of at least 4 members (excludes halogenated alkanes) is 2. The Kier molecular flexibility index (Phi) is 8.37. The first kappa shape index (κ1) is 25.1. The monoisotopic (exact) mass is 443 g/mol. The van der Waals surface area contributed by atoms with Crippen LogP contribution in [-0.2, 0) is 12.0 Å². The van der Waals surface area contributed by atoms with Crippen LogP contribution in [0, 0.1) is 27.7 Å². The third-order valence-electron chi connectivity index (χ3n) is 7.00. The van der Waals surface area contributed by atoms with E-state index in [1.54, 1.807) is 0 Å². The van der Waals surface area contributed by atoms with Crippen molar-refractivity contribution in [3.05, 3.63) is 99.1 Å². The highest BCUT2D eigenvalue weighted by atomic mass is 16.5. The van der Waals surface area contributed by atoms with Crippen LogP contribution in [0.2, 0.25) is 0 Å². The lowest BCUT2D eigenvalue weighted by Gasteiger charge is -2.33. The van der Waals surface area contributed by atoms with Gasteiger partial charge in [0, 0.05) is 0 Å². The third kappa shape index (κ3) is 5.50. The molecule has 0 atom stereocenters. The predicted molar refractivity (Wildman–Crippen MR) is 141 cm³/mol. The van der Waals surface area contributed by atoms with Crippen LogP contribution < -0.4 is 10.5 Å². The molecule has 0 amide bonds. The van der Waals surface area contributed by atoms with Gasteiger partial charge in [-0.1, -0.05) is 69.2 Å². The van der Waals surface area contributed by atoms with Crippen molar-refractivity contribution in [2.45, 2.75) is 79.2 Å². The molecule has 0 radical (unpaired) electrons. The minimum Gasteiger partial charge on any atom is -0.493 e. The second kappa shape index (κ2) is 11.0. The predicted octanol–water partition coefficient (Wildman–Crippen LogP) is 7.69. The molecule has 0 spiro atoms. The number of hydrogen-bond donors (Lipinski definition) is 1. The van der Waals surface area contributed by atoms with Gasteiger partial charge in [0.05, 0.1) is 12.1 Å². The molecule has 0 saturated heterocycles. The van der Waals surface area contributed by atoms with Crippen molar-refractivity contribution in [2.24, 2.45) is 5.73 Å². The van der Waals surface area contributed by atoms with Crippen molar-refractivity contribution < 1.29 is 4.74 Å². The fourth-order valence-electron chi connectivity index (χ4n) is 4.33. The highest BCUT2D eigenvalue weighted by Crippen LogP contribution is 2.38. The molecule has 2 N–H and O–H groups in total. The van der Waals surface area contributed by atoms with Gasteiger partial charge in [0.2, 0.25) is 0 Å². The molecule has 33 heavy (non-hydrogen) atoms. The molecule has 0 aliphatic rings. The normalized spacial score (nSPS) is 11.6. The molecule has 2 nitrogen and oxygen atoms in total. The minimum atomic E-state index is -0.736. The zero-order chi connectivity index (χ0) is 24.0. The zero-order valence-electron chi connectivity index (χ0n) is 21.4. The molecule has 0 aromatic heterocycles. The summed E-state index contributed by atoms with van der Waals surface area (Å²) in [5, 5.41) is 0. The van der Waals surface area contributed by atoms with Crippen LogP contribution in [0.4, 0.5) is 0 Å². The Morgan fingerprint density at radius 2 is 1.18 bits per heavy atom. The van der Waals surface area contributed by atoms with E-state index < -0.39 is 5.54 Å². The van der Waals surface area contributed by atoms with E-state index in [4.69, 9.17) is 10.5 Å². The second-order valence-electron chi connectivity index (χ2n) is 9.53. The van der Waals surface area contributed by atoms with E-state index in [9.17, 15) is 0 Å². The van der Waals surface area contributed by atoms with Crippen LogP contribution in [0.3, 0.4) is 0 Å². The number of aryl methyl sites for hydroxylation is 5. The lowest BCUT2D eigenvalue weighted by atomic mass is 9.76. The summed E-state index contributed by atoms with van der Waals surface area (Å²) in [5.74, 6) is 1.00. The van der Waals surface area contributed by atoms with Gasteiger partial charge in [0.15, 0.2) is 0 Å². The second-order valence-corrected chi connectivity index (χ2v) is 9.53. The molecule has 3 aromatic rings. The van der Waals surface area contributed by atoms with Gasteiger partial charge < -0.3 is 10.5 Å². The molecule has 2 heteroatoms. The standard InChI is InChI=1S/C31H41NO/c1-7-9-11-26-21-29(16-17-30(26)33-18-10-8-2)31(32,27-14-12-22(3)24(5)19-27)28-15-13-23(4)25(6)20-28/h12-17,19-21H,7-11,18,32H2,1-6H3. The smallest absolute Gasteiger partial charge is 0.122 e. The van der Waals surface area contributed by atoms with Gasteiger partial charge in [-0.3, -0.25) is 0 Å². The molecule has 176 valence electrons. The van der Waals surface area contributed by atoms with Crippen molar-refractivity contribution in [3.8, 4) is 5.75 Å². The molecule has 0 fully saturated rings. The minimum absolute atomic E-state index is 0.736. The molecule has 0 bridgehead atoms. The van der Waals surface area contributed by atoms with Crippen molar-refractivity contribution in [1.29, 1.82) is 0 Å². The van der Waals surface area contributed by atoms with Crippen LogP contribution in [0.5, 0.6) is 5.75 Å². The topological polar surface area (TPSA) is 35.2 Å².